The maximum atomic E-state index is 12.5. The van der Waals surface area contributed by atoms with Gasteiger partial charge in [-0.2, -0.15) is 0 Å². The molecular weight excluding hydrogens is 366 g/mol. The molecule has 3 N–H and O–H groups in total. The van der Waals surface area contributed by atoms with E-state index in [1.165, 1.54) is 25.1 Å². The molecule has 28 heavy (non-hydrogen) atoms. The molecule has 1 saturated carbocycles. The number of aliphatic carboxylic acids is 1. The number of nitro groups is 1. The van der Waals surface area contributed by atoms with Crippen molar-refractivity contribution in [3.63, 3.8) is 0 Å². The van der Waals surface area contributed by atoms with Gasteiger partial charge in [0.15, 0.2) is 0 Å². The normalized spacial score (nSPS) is 20.9. The van der Waals surface area contributed by atoms with Crippen LogP contribution in [0.2, 0.25) is 0 Å². The van der Waals surface area contributed by atoms with Gasteiger partial charge in [-0.3, -0.25) is 24.5 Å². The van der Waals surface area contributed by atoms with Crippen molar-refractivity contribution >= 4 is 23.5 Å². The molecule has 1 fully saturated rings. The van der Waals surface area contributed by atoms with Crippen LogP contribution in [0.3, 0.4) is 0 Å². The molecule has 1 aliphatic rings. The fraction of sp³-hybridized carbons (Fsp3) is 0.526. The lowest BCUT2D eigenvalue weighted by molar-refractivity contribution is -0.384. The van der Waals surface area contributed by atoms with E-state index in [1.54, 1.807) is 0 Å². The number of carbonyl (C=O) groups is 3. The third-order valence-corrected chi connectivity index (χ3v) is 4.97. The minimum atomic E-state index is -0.930. The summed E-state index contributed by atoms with van der Waals surface area (Å²) < 4.78 is 0. The number of carboxylic acid groups (broad SMARTS) is 1. The smallest absolute Gasteiger partial charge is 0.308 e. The van der Waals surface area contributed by atoms with Crippen LogP contribution >= 0.6 is 0 Å². The topological polar surface area (TPSA) is 139 Å². The third-order valence-electron chi connectivity index (χ3n) is 4.97. The SMILES string of the molecule is CC(NC(=O)c1cccc([N+](=O)[O-])c1)C(=O)NC1CCCCCCC1C(=O)O. The molecule has 9 nitrogen and oxygen atoms in total. The van der Waals surface area contributed by atoms with Gasteiger partial charge in [0.25, 0.3) is 11.6 Å². The zero-order valence-corrected chi connectivity index (χ0v) is 15.7. The highest BCUT2D eigenvalue weighted by Crippen LogP contribution is 2.23. The fourth-order valence-corrected chi connectivity index (χ4v) is 3.37. The highest BCUT2D eigenvalue weighted by atomic mass is 16.6. The van der Waals surface area contributed by atoms with Crippen molar-refractivity contribution in [1.29, 1.82) is 0 Å². The molecule has 2 rings (SSSR count). The highest BCUT2D eigenvalue weighted by Gasteiger charge is 2.31. The Labute approximate surface area is 162 Å². The number of nitrogens with one attached hydrogen (secondary N) is 2. The molecule has 2 amide bonds. The largest absolute Gasteiger partial charge is 0.481 e. The van der Waals surface area contributed by atoms with E-state index in [-0.39, 0.29) is 11.3 Å². The van der Waals surface area contributed by atoms with Gasteiger partial charge in [-0.25, -0.2) is 0 Å². The summed E-state index contributed by atoms with van der Waals surface area (Å²) in [5.74, 6) is -2.67. The molecule has 3 unspecified atom stereocenters. The van der Waals surface area contributed by atoms with Crippen molar-refractivity contribution in [1.82, 2.24) is 10.6 Å². The molecule has 0 saturated heterocycles. The Kier molecular flexibility index (Phi) is 7.48. The van der Waals surface area contributed by atoms with Gasteiger partial charge in [0, 0.05) is 23.7 Å². The molecule has 0 aliphatic heterocycles. The molecule has 1 aliphatic carbocycles. The predicted molar refractivity (Wildman–Crippen MR) is 101 cm³/mol. The first kappa shape index (κ1) is 21.3. The van der Waals surface area contributed by atoms with Gasteiger partial charge in [0.05, 0.1) is 10.8 Å². The van der Waals surface area contributed by atoms with Crippen LogP contribution in [0.4, 0.5) is 5.69 Å². The second-order valence-electron chi connectivity index (χ2n) is 7.05. The number of non-ortho nitro benzene ring substituents is 1. The zero-order valence-electron chi connectivity index (χ0n) is 15.7. The molecule has 0 aromatic heterocycles. The van der Waals surface area contributed by atoms with Crippen molar-refractivity contribution in [2.45, 2.75) is 57.5 Å². The van der Waals surface area contributed by atoms with E-state index in [0.717, 1.165) is 31.7 Å². The van der Waals surface area contributed by atoms with Crippen molar-refractivity contribution in [3.8, 4) is 0 Å². The van der Waals surface area contributed by atoms with Crippen LogP contribution in [-0.2, 0) is 9.59 Å². The lowest BCUT2D eigenvalue weighted by Gasteiger charge is -2.28. The summed E-state index contributed by atoms with van der Waals surface area (Å²) in [4.78, 5) is 46.6. The molecule has 152 valence electrons. The lowest BCUT2D eigenvalue weighted by atomic mass is 9.86. The second-order valence-corrected chi connectivity index (χ2v) is 7.05. The first-order chi connectivity index (χ1) is 13.3. The first-order valence-electron chi connectivity index (χ1n) is 9.38. The van der Waals surface area contributed by atoms with Gasteiger partial charge >= 0.3 is 5.97 Å². The van der Waals surface area contributed by atoms with Gasteiger partial charge in [0.1, 0.15) is 6.04 Å². The number of nitrogens with zero attached hydrogens (tertiary/aromatic N) is 1. The summed E-state index contributed by atoms with van der Waals surface area (Å²) in [7, 11) is 0. The number of carboxylic acids is 1. The monoisotopic (exact) mass is 391 g/mol. The van der Waals surface area contributed by atoms with Gasteiger partial charge in [-0.15, -0.1) is 0 Å². The van der Waals surface area contributed by atoms with Gasteiger partial charge < -0.3 is 15.7 Å². The standard InChI is InChI=1S/C19H25N3O6/c1-12(20-18(24)13-7-6-8-14(11-13)22(27)28)17(23)21-16-10-5-3-2-4-9-15(16)19(25)26/h6-8,11-12,15-16H,2-5,9-10H2,1H3,(H,20,24)(H,21,23)(H,25,26). The average molecular weight is 391 g/mol. The number of hydrogen-bond acceptors (Lipinski definition) is 5. The first-order valence-corrected chi connectivity index (χ1v) is 9.38. The number of hydrogen-bond donors (Lipinski definition) is 3. The number of rotatable bonds is 6. The summed E-state index contributed by atoms with van der Waals surface area (Å²) in [5.41, 5.74) is -0.146. The maximum absolute atomic E-state index is 12.5. The zero-order chi connectivity index (χ0) is 20.7. The Morgan fingerprint density at radius 3 is 2.50 bits per heavy atom. The lowest BCUT2D eigenvalue weighted by Crippen LogP contribution is -2.51. The average Bonchev–Trinajstić information content (AvgIpc) is 2.63. The van der Waals surface area contributed by atoms with E-state index in [1.807, 2.05) is 0 Å². The van der Waals surface area contributed by atoms with Crippen LogP contribution in [0.1, 0.15) is 55.8 Å². The summed E-state index contributed by atoms with van der Waals surface area (Å²) >= 11 is 0. The summed E-state index contributed by atoms with van der Waals surface area (Å²) in [6, 6.07) is 3.82. The third kappa shape index (κ3) is 5.77. The van der Waals surface area contributed by atoms with Crippen molar-refractivity contribution in [2.75, 3.05) is 0 Å². The molecule has 0 spiro atoms. The van der Waals surface area contributed by atoms with Crippen LogP contribution < -0.4 is 10.6 Å². The van der Waals surface area contributed by atoms with E-state index in [4.69, 9.17) is 0 Å². The Morgan fingerprint density at radius 2 is 1.86 bits per heavy atom. The van der Waals surface area contributed by atoms with Gasteiger partial charge in [0.2, 0.25) is 5.91 Å². The Morgan fingerprint density at radius 1 is 1.18 bits per heavy atom. The summed E-state index contributed by atoms with van der Waals surface area (Å²) in [6.07, 6.45) is 4.71. The molecular formula is C19H25N3O6. The second kappa shape index (κ2) is 9.82. The maximum Gasteiger partial charge on any atom is 0.308 e. The fourth-order valence-electron chi connectivity index (χ4n) is 3.37. The molecule has 0 heterocycles. The van der Waals surface area contributed by atoms with Crippen LogP contribution in [0.5, 0.6) is 0 Å². The van der Waals surface area contributed by atoms with Crippen LogP contribution in [0.15, 0.2) is 24.3 Å². The highest BCUT2D eigenvalue weighted by molar-refractivity contribution is 5.98. The predicted octanol–water partition coefficient (Wildman–Crippen LogP) is 2.25. The van der Waals surface area contributed by atoms with E-state index >= 15 is 0 Å². The Balaban J connectivity index is 2.00. The van der Waals surface area contributed by atoms with E-state index in [9.17, 15) is 29.6 Å². The Bertz CT molecular complexity index is 751. The molecule has 9 heteroatoms. The number of amides is 2. The van der Waals surface area contributed by atoms with Gasteiger partial charge in [-0.1, -0.05) is 31.7 Å². The van der Waals surface area contributed by atoms with Gasteiger partial charge in [-0.05, 0) is 25.8 Å². The molecule has 0 radical (unpaired) electrons. The van der Waals surface area contributed by atoms with Crippen molar-refractivity contribution < 1.29 is 24.4 Å². The quantitative estimate of drug-likeness (QED) is 0.502. The number of benzene rings is 1. The van der Waals surface area contributed by atoms with Crippen molar-refractivity contribution in [2.24, 2.45) is 5.92 Å². The molecule has 3 atom stereocenters. The van der Waals surface area contributed by atoms with Crippen LogP contribution in [-0.4, -0.2) is 39.9 Å². The Hall–Kier alpha value is -2.97. The summed E-state index contributed by atoms with van der Waals surface area (Å²) in [5, 5.41) is 25.6. The minimum Gasteiger partial charge on any atom is -0.481 e. The van der Waals surface area contributed by atoms with Crippen LogP contribution in [0.25, 0.3) is 0 Å². The minimum absolute atomic E-state index is 0.0724. The van der Waals surface area contributed by atoms with E-state index < -0.39 is 40.7 Å². The molecule has 0 bridgehead atoms. The summed E-state index contributed by atoms with van der Waals surface area (Å²) in [6.45, 7) is 1.49. The number of carbonyl (C=O) groups excluding carboxylic acids is 2. The number of nitro benzene ring substituents is 1. The van der Waals surface area contributed by atoms with Crippen molar-refractivity contribution in [3.05, 3.63) is 39.9 Å². The van der Waals surface area contributed by atoms with E-state index in [2.05, 4.69) is 10.6 Å². The molecule has 1 aromatic carbocycles. The van der Waals surface area contributed by atoms with E-state index in [0.29, 0.717) is 12.8 Å². The van der Waals surface area contributed by atoms with Crippen LogP contribution in [0, 0.1) is 16.0 Å². The molecule has 1 aromatic rings.